The number of alkyl halides is 3. The minimum absolute atomic E-state index is 0.0202. The Morgan fingerprint density at radius 1 is 0.940 bits per heavy atom. The number of carbonyl (C=O) groups excluding carboxylic acids is 4. The SMILES string of the molecule is CC(C)(C)N1C(=O)C2CC=C3C(CC4C(=O)N(Nc5ncc(C(F)(F)F)cc5Cl)C(=O)C4(c4ccc(Cl)cc4)C3c3ccccc3O)C2C1=O. The molecule has 2 aliphatic carbocycles. The number of hydrogen-bond donors (Lipinski definition) is 2. The Kier molecular flexibility index (Phi) is 7.87. The van der Waals surface area contributed by atoms with Crippen LogP contribution in [0.3, 0.4) is 0 Å². The van der Waals surface area contributed by atoms with Crippen molar-refractivity contribution in [1.82, 2.24) is 14.9 Å². The summed E-state index contributed by atoms with van der Waals surface area (Å²) in [6.07, 6.45) is -2.16. The first kappa shape index (κ1) is 34.0. The van der Waals surface area contributed by atoms with E-state index in [1.165, 1.54) is 11.0 Å². The molecule has 3 aromatic rings. The molecular formula is C36H31Cl2F3N4O5. The minimum atomic E-state index is -4.74. The number of aromatic hydroxyl groups is 1. The Bertz CT molecular complexity index is 2000. The number of allylic oxidation sites excluding steroid dienone is 2. The van der Waals surface area contributed by atoms with Gasteiger partial charge in [-0.2, -0.15) is 18.2 Å². The molecule has 0 bridgehead atoms. The number of imide groups is 2. The smallest absolute Gasteiger partial charge is 0.417 e. The molecule has 14 heteroatoms. The normalized spacial score (nSPS) is 28.0. The number of halogens is 5. The lowest BCUT2D eigenvalue weighted by Crippen LogP contribution is -2.53. The second-order valence-corrected chi connectivity index (χ2v) is 15.0. The summed E-state index contributed by atoms with van der Waals surface area (Å²) in [5, 5.41) is 12.0. The number of amides is 4. The van der Waals surface area contributed by atoms with Crippen LogP contribution in [0.15, 0.2) is 72.4 Å². The van der Waals surface area contributed by atoms with E-state index in [4.69, 9.17) is 23.2 Å². The molecule has 50 heavy (non-hydrogen) atoms. The fourth-order valence-corrected chi connectivity index (χ4v) is 8.85. The number of anilines is 1. The van der Waals surface area contributed by atoms with Crippen LogP contribution in [0, 0.1) is 23.7 Å². The average molecular weight is 728 g/mol. The third kappa shape index (κ3) is 4.93. The maximum absolute atomic E-state index is 15.1. The van der Waals surface area contributed by atoms with Crippen LogP contribution < -0.4 is 5.43 Å². The van der Waals surface area contributed by atoms with Crippen LogP contribution in [0.25, 0.3) is 0 Å². The Morgan fingerprint density at radius 2 is 1.62 bits per heavy atom. The first-order chi connectivity index (χ1) is 23.5. The van der Waals surface area contributed by atoms with Gasteiger partial charge in [-0.3, -0.25) is 29.5 Å². The van der Waals surface area contributed by atoms with E-state index in [1.54, 1.807) is 63.2 Å². The van der Waals surface area contributed by atoms with Gasteiger partial charge in [-0.25, -0.2) is 4.98 Å². The number of aromatic nitrogens is 1. The van der Waals surface area contributed by atoms with Crippen LogP contribution in [0.2, 0.25) is 10.0 Å². The molecule has 0 radical (unpaired) electrons. The summed E-state index contributed by atoms with van der Waals surface area (Å²) in [5.74, 6) is -7.07. The van der Waals surface area contributed by atoms with Gasteiger partial charge in [-0.15, -0.1) is 0 Å². The lowest BCUT2D eigenvalue weighted by Gasteiger charge is -2.50. The van der Waals surface area contributed by atoms with E-state index in [0.717, 1.165) is 0 Å². The van der Waals surface area contributed by atoms with Crippen LogP contribution in [-0.2, 0) is 30.8 Å². The van der Waals surface area contributed by atoms with Crippen LogP contribution in [-0.4, -0.2) is 49.2 Å². The molecular weight excluding hydrogens is 696 g/mol. The molecule has 4 aliphatic rings. The second-order valence-electron chi connectivity index (χ2n) is 14.2. The molecule has 6 unspecified atom stereocenters. The molecule has 3 fully saturated rings. The summed E-state index contributed by atoms with van der Waals surface area (Å²) in [5.41, 5.74) is 0.263. The van der Waals surface area contributed by atoms with Gasteiger partial charge >= 0.3 is 6.18 Å². The number of pyridine rings is 1. The third-order valence-corrected chi connectivity index (χ3v) is 11.0. The van der Waals surface area contributed by atoms with Crippen molar-refractivity contribution in [2.45, 2.75) is 56.7 Å². The van der Waals surface area contributed by atoms with Crippen molar-refractivity contribution in [3.63, 3.8) is 0 Å². The number of nitrogens with zero attached hydrogens (tertiary/aromatic N) is 3. The zero-order chi connectivity index (χ0) is 36.1. The van der Waals surface area contributed by atoms with Crippen molar-refractivity contribution in [3.8, 4) is 5.75 Å². The number of para-hydroxylation sites is 1. The average Bonchev–Trinajstić information content (AvgIpc) is 3.43. The van der Waals surface area contributed by atoms with Crippen molar-refractivity contribution < 1.29 is 37.5 Å². The standard InChI is InChI=1S/C36H31Cl2F3N4O5/c1-34(2,3)44-30(47)22-13-12-20-23(27(22)32(44)49)15-24-31(48)45(43-29-25(38)14-18(16-42-29)36(39,40)41)33(50)35(24,17-8-10-19(37)11-9-17)28(20)21-6-4-5-7-26(21)46/h4-12,14,16,22-24,27-28,46H,13,15H2,1-3H3,(H,42,43). The first-order valence-corrected chi connectivity index (χ1v) is 16.7. The summed E-state index contributed by atoms with van der Waals surface area (Å²) in [6.45, 7) is 5.32. The number of fused-ring (bicyclic) bond motifs is 4. The van der Waals surface area contributed by atoms with E-state index in [9.17, 15) is 32.7 Å². The van der Waals surface area contributed by atoms with Gasteiger partial charge in [0, 0.05) is 28.2 Å². The van der Waals surface area contributed by atoms with Gasteiger partial charge in [-0.1, -0.05) is 65.2 Å². The monoisotopic (exact) mass is 726 g/mol. The summed E-state index contributed by atoms with van der Waals surface area (Å²) >= 11 is 12.5. The van der Waals surface area contributed by atoms with E-state index in [0.29, 0.717) is 39.0 Å². The Hall–Kier alpha value is -4.42. The Labute approximate surface area is 295 Å². The van der Waals surface area contributed by atoms with Crippen molar-refractivity contribution in [2.24, 2.45) is 23.7 Å². The zero-order valence-electron chi connectivity index (χ0n) is 27.0. The van der Waals surface area contributed by atoms with Crippen molar-refractivity contribution in [3.05, 3.63) is 99.2 Å². The lowest BCUT2D eigenvalue weighted by molar-refractivity contribution is -0.146. The number of hydrogen-bond acceptors (Lipinski definition) is 7. The van der Waals surface area contributed by atoms with Gasteiger partial charge in [0.15, 0.2) is 5.82 Å². The molecule has 7 rings (SSSR count). The van der Waals surface area contributed by atoms with Crippen LogP contribution in [0.5, 0.6) is 5.75 Å². The van der Waals surface area contributed by atoms with Gasteiger partial charge in [0.2, 0.25) is 11.8 Å². The highest BCUT2D eigenvalue weighted by Gasteiger charge is 2.71. The summed E-state index contributed by atoms with van der Waals surface area (Å²) in [7, 11) is 0. The topological polar surface area (TPSA) is 120 Å². The summed E-state index contributed by atoms with van der Waals surface area (Å²) in [6, 6.07) is 13.4. The number of rotatable bonds is 4. The van der Waals surface area contributed by atoms with Crippen LogP contribution >= 0.6 is 23.2 Å². The fourth-order valence-electron chi connectivity index (χ4n) is 8.52. The van der Waals surface area contributed by atoms with E-state index < -0.39 is 69.1 Å². The molecule has 1 aromatic heterocycles. The highest BCUT2D eigenvalue weighted by Crippen LogP contribution is 2.65. The molecule has 260 valence electrons. The number of phenols is 1. The molecule has 9 nitrogen and oxygen atoms in total. The third-order valence-electron chi connectivity index (χ3n) is 10.5. The van der Waals surface area contributed by atoms with Gasteiger partial charge in [0.05, 0.1) is 33.8 Å². The molecule has 3 heterocycles. The van der Waals surface area contributed by atoms with Gasteiger partial charge < -0.3 is 5.11 Å². The lowest BCUT2D eigenvalue weighted by atomic mass is 9.49. The number of benzene rings is 2. The highest BCUT2D eigenvalue weighted by molar-refractivity contribution is 6.33. The van der Waals surface area contributed by atoms with Gasteiger partial charge in [0.1, 0.15) is 5.75 Å². The molecule has 2 N–H and O–H groups in total. The Balaban J connectivity index is 1.43. The second kappa shape index (κ2) is 11.6. The van der Waals surface area contributed by atoms with E-state index in [1.807, 2.05) is 6.08 Å². The molecule has 2 saturated heterocycles. The Morgan fingerprint density at radius 3 is 2.24 bits per heavy atom. The van der Waals surface area contributed by atoms with Crippen LogP contribution in [0.1, 0.15) is 56.2 Å². The quantitative estimate of drug-likeness (QED) is 0.222. The number of likely N-dealkylation sites (tertiary alicyclic amines) is 1. The van der Waals surface area contributed by atoms with Crippen molar-refractivity contribution >= 4 is 52.6 Å². The van der Waals surface area contributed by atoms with E-state index in [-0.39, 0.29) is 36.2 Å². The molecule has 6 atom stereocenters. The molecule has 1 saturated carbocycles. The first-order valence-electron chi connectivity index (χ1n) is 16.0. The number of carbonyl (C=O) groups is 4. The molecule has 2 aliphatic heterocycles. The molecule has 2 aromatic carbocycles. The van der Waals surface area contributed by atoms with Gasteiger partial charge in [-0.05, 0) is 69.4 Å². The largest absolute Gasteiger partial charge is 0.508 e. The van der Waals surface area contributed by atoms with Crippen LogP contribution in [0.4, 0.5) is 19.0 Å². The fraction of sp³-hybridized carbons (Fsp3) is 0.361. The van der Waals surface area contributed by atoms with E-state index in [2.05, 4.69) is 10.4 Å². The van der Waals surface area contributed by atoms with Crippen molar-refractivity contribution in [1.29, 1.82) is 0 Å². The minimum Gasteiger partial charge on any atom is -0.508 e. The zero-order valence-corrected chi connectivity index (χ0v) is 28.5. The predicted molar refractivity (Wildman–Crippen MR) is 177 cm³/mol. The molecule has 0 spiro atoms. The maximum atomic E-state index is 15.1. The summed E-state index contributed by atoms with van der Waals surface area (Å²) < 4.78 is 40.2. The highest BCUT2D eigenvalue weighted by atomic mass is 35.5. The van der Waals surface area contributed by atoms with Gasteiger partial charge in [0.25, 0.3) is 11.8 Å². The number of hydrazine groups is 1. The predicted octanol–water partition coefficient (Wildman–Crippen LogP) is 6.90. The molecule has 4 amide bonds. The van der Waals surface area contributed by atoms with Crippen molar-refractivity contribution in [2.75, 3.05) is 5.43 Å². The summed E-state index contributed by atoms with van der Waals surface area (Å²) in [4.78, 5) is 62.7. The number of nitrogens with one attached hydrogen (secondary N) is 1. The number of phenolic OH excluding ortho intramolecular Hbond substituents is 1. The maximum Gasteiger partial charge on any atom is 0.417 e. The van der Waals surface area contributed by atoms with E-state index >= 15 is 4.79 Å².